The number of phenolic OH excluding ortho intramolecular Hbond substituents is 1. The monoisotopic (exact) mass is 253 g/mol. The molecule has 1 rings (SSSR count). The van der Waals surface area contributed by atoms with E-state index < -0.39 is 18.5 Å². The van der Waals surface area contributed by atoms with Crippen LogP contribution < -0.4 is 5.32 Å². The molecule has 0 unspecified atom stereocenters. The molecule has 3 nitrogen and oxygen atoms in total. The van der Waals surface area contributed by atoms with E-state index in [4.69, 9.17) is 11.6 Å². The highest BCUT2D eigenvalue weighted by Gasteiger charge is 2.31. The van der Waals surface area contributed by atoms with Crippen LogP contribution >= 0.6 is 11.6 Å². The highest BCUT2D eigenvalue weighted by molar-refractivity contribution is 6.30. The number of aromatic hydroxyl groups is 1. The Morgan fingerprint density at radius 3 is 2.56 bits per heavy atom. The molecule has 0 bridgehead atoms. The highest BCUT2D eigenvalue weighted by Crippen LogP contribution is 2.27. The summed E-state index contributed by atoms with van der Waals surface area (Å²) >= 11 is 5.51. The number of alkyl halides is 3. The Labute approximate surface area is 93.8 Å². The first kappa shape index (κ1) is 12.6. The average Bonchev–Trinajstić information content (AvgIpc) is 2.06. The van der Waals surface area contributed by atoms with E-state index in [0.717, 1.165) is 6.07 Å². The van der Waals surface area contributed by atoms with Gasteiger partial charge in [0.15, 0.2) is 0 Å². The third kappa shape index (κ3) is 3.98. The quantitative estimate of drug-likeness (QED) is 0.796. The molecule has 1 aromatic carbocycles. The summed E-state index contributed by atoms with van der Waals surface area (Å²) in [5, 5.41) is 11.4. The first-order valence-electron chi connectivity index (χ1n) is 4.13. The zero-order valence-corrected chi connectivity index (χ0v) is 8.56. The number of carbonyl (C=O) groups is 1. The van der Waals surface area contributed by atoms with Gasteiger partial charge in [-0.25, -0.2) is 0 Å². The zero-order valence-electron chi connectivity index (χ0n) is 7.81. The SMILES string of the molecule is O=C(CC(F)(F)F)Nc1ccc(Cl)cc1O. The van der Waals surface area contributed by atoms with Crippen molar-refractivity contribution in [3.63, 3.8) is 0 Å². The van der Waals surface area contributed by atoms with Crippen molar-refractivity contribution in [2.24, 2.45) is 0 Å². The maximum Gasteiger partial charge on any atom is 0.397 e. The Kier molecular flexibility index (Phi) is 3.64. The summed E-state index contributed by atoms with van der Waals surface area (Å²) in [6, 6.07) is 3.67. The third-order valence-electron chi connectivity index (χ3n) is 1.59. The number of hydrogen-bond acceptors (Lipinski definition) is 2. The molecule has 0 heterocycles. The Hall–Kier alpha value is -1.43. The molecule has 0 spiro atoms. The number of carbonyl (C=O) groups excluding carboxylic acids is 1. The average molecular weight is 254 g/mol. The predicted octanol–water partition coefficient (Wildman–Crippen LogP) is 2.94. The van der Waals surface area contributed by atoms with Crippen molar-refractivity contribution in [3.05, 3.63) is 23.2 Å². The molecular weight excluding hydrogens is 247 g/mol. The maximum absolute atomic E-state index is 11.8. The van der Waals surface area contributed by atoms with Gasteiger partial charge in [0.25, 0.3) is 0 Å². The van der Waals surface area contributed by atoms with Crippen LogP contribution in [0, 0.1) is 0 Å². The van der Waals surface area contributed by atoms with Gasteiger partial charge in [-0.3, -0.25) is 4.79 Å². The van der Waals surface area contributed by atoms with E-state index in [1.54, 1.807) is 0 Å². The van der Waals surface area contributed by atoms with Crippen LogP contribution in [0.4, 0.5) is 18.9 Å². The number of phenols is 1. The summed E-state index contributed by atoms with van der Waals surface area (Å²) in [4.78, 5) is 10.9. The molecule has 0 radical (unpaired) electrons. The summed E-state index contributed by atoms with van der Waals surface area (Å²) in [5.74, 6) is -1.63. The summed E-state index contributed by atoms with van der Waals surface area (Å²) < 4.78 is 35.5. The van der Waals surface area contributed by atoms with E-state index in [1.807, 2.05) is 5.32 Å². The molecule has 0 fully saturated rings. The number of nitrogens with one attached hydrogen (secondary N) is 1. The van der Waals surface area contributed by atoms with Gasteiger partial charge in [-0.05, 0) is 12.1 Å². The second-order valence-electron chi connectivity index (χ2n) is 3.00. The van der Waals surface area contributed by atoms with Gasteiger partial charge in [0.2, 0.25) is 5.91 Å². The van der Waals surface area contributed by atoms with E-state index in [0.29, 0.717) is 0 Å². The number of benzene rings is 1. The van der Waals surface area contributed by atoms with Gasteiger partial charge in [0, 0.05) is 11.1 Å². The van der Waals surface area contributed by atoms with E-state index in [2.05, 4.69) is 0 Å². The van der Waals surface area contributed by atoms with Gasteiger partial charge < -0.3 is 10.4 Å². The Morgan fingerprint density at radius 1 is 1.44 bits per heavy atom. The third-order valence-corrected chi connectivity index (χ3v) is 1.83. The van der Waals surface area contributed by atoms with Gasteiger partial charge in [0.05, 0.1) is 5.69 Å². The molecule has 88 valence electrons. The molecule has 16 heavy (non-hydrogen) atoms. The fourth-order valence-corrected chi connectivity index (χ4v) is 1.15. The molecule has 0 atom stereocenters. The lowest BCUT2D eigenvalue weighted by Crippen LogP contribution is -2.21. The zero-order chi connectivity index (χ0) is 12.3. The van der Waals surface area contributed by atoms with Gasteiger partial charge in [-0.15, -0.1) is 0 Å². The first-order chi connectivity index (χ1) is 7.28. The molecule has 0 aromatic heterocycles. The summed E-state index contributed by atoms with van der Waals surface area (Å²) in [6.45, 7) is 0. The topological polar surface area (TPSA) is 49.3 Å². The first-order valence-corrected chi connectivity index (χ1v) is 4.51. The standard InChI is InChI=1S/C9H7ClF3NO2/c10-5-1-2-6(7(15)3-5)14-8(16)4-9(11,12)13/h1-3,15H,4H2,(H,14,16). The lowest BCUT2D eigenvalue weighted by molar-refractivity contribution is -0.150. The van der Waals surface area contributed by atoms with Crippen LogP contribution in [0.5, 0.6) is 5.75 Å². The van der Waals surface area contributed by atoms with Crippen LogP contribution in [-0.4, -0.2) is 17.2 Å². The molecule has 0 aliphatic rings. The van der Waals surface area contributed by atoms with Crippen LogP contribution in [0.25, 0.3) is 0 Å². The fraction of sp³-hybridized carbons (Fsp3) is 0.222. The number of hydrogen-bond donors (Lipinski definition) is 2. The highest BCUT2D eigenvalue weighted by atomic mass is 35.5. The van der Waals surface area contributed by atoms with Crippen molar-refractivity contribution in [1.29, 1.82) is 0 Å². The van der Waals surface area contributed by atoms with Crippen molar-refractivity contribution >= 4 is 23.2 Å². The van der Waals surface area contributed by atoms with Gasteiger partial charge in [-0.1, -0.05) is 11.6 Å². The van der Waals surface area contributed by atoms with E-state index in [9.17, 15) is 23.1 Å². The van der Waals surface area contributed by atoms with Crippen molar-refractivity contribution in [2.75, 3.05) is 5.32 Å². The normalized spacial score (nSPS) is 11.2. The molecule has 2 N–H and O–H groups in total. The smallest absolute Gasteiger partial charge is 0.397 e. The van der Waals surface area contributed by atoms with Gasteiger partial charge in [0.1, 0.15) is 12.2 Å². The minimum atomic E-state index is -4.58. The minimum absolute atomic E-state index is 0.112. The van der Waals surface area contributed by atoms with Crippen molar-refractivity contribution in [3.8, 4) is 5.75 Å². The van der Waals surface area contributed by atoms with Crippen LogP contribution in [-0.2, 0) is 4.79 Å². The fourth-order valence-electron chi connectivity index (χ4n) is 0.987. The summed E-state index contributed by atoms with van der Waals surface area (Å²) in [7, 11) is 0. The van der Waals surface area contributed by atoms with E-state index >= 15 is 0 Å². The predicted molar refractivity (Wildman–Crippen MR) is 52.4 cm³/mol. The summed E-state index contributed by atoms with van der Waals surface area (Å²) in [5.41, 5.74) is -0.112. The molecule has 1 amide bonds. The molecule has 7 heteroatoms. The van der Waals surface area contributed by atoms with Gasteiger partial charge in [-0.2, -0.15) is 13.2 Å². The molecule has 1 aromatic rings. The van der Waals surface area contributed by atoms with Crippen molar-refractivity contribution in [1.82, 2.24) is 0 Å². The number of anilines is 1. The molecular formula is C9H7ClF3NO2. The van der Waals surface area contributed by atoms with Crippen LogP contribution in [0.15, 0.2) is 18.2 Å². The Balaban J connectivity index is 2.70. The largest absolute Gasteiger partial charge is 0.506 e. The molecule has 0 saturated heterocycles. The summed E-state index contributed by atoms with van der Waals surface area (Å²) in [6.07, 6.45) is -6.18. The lowest BCUT2D eigenvalue weighted by atomic mass is 10.3. The van der Waals surface area contributed by atoms with Gasteiger partial charge >= 0.3 is 6.18 Å². The lowest BCUT2D eigenvalue weighted by Gasteiger charge is -2.09. The second kappa shape index (κ2) is 4.61. The second-order valence-corrected chi connectivity index (χ2v) is 3.44. The van der Waals surface area contributed by atoms with Crippen molar-refractivity contribution in [2.45, 2.75) is 12.6 Å². The van der Waals surface area contributed by atoms with E-state index in [1.165, 1.54) is 12.1 Å². The number of halogens is 4. The number of amides is 1. The minimum Gasteiger partial charge on any atom is -0.506 e. The van der Waals surface area contributed by atoms with E-state index in [-0.39, 0.29) is 16.5 Å². The molecule has 0 aliphatic carbocycles. The molecule has 0 saturated carbocycles. The molecule has 0 aliphatic heterocycles. The Morgan fingerprint density at radius 2 is 2.06 bits per heavy atom. The Bertz CT molecular complexity index is 406. The van der Waals surface area contributed by atoms with Crippen molar-refractivity contribution < 1.29 is 23.1 Å². The van der Waals surface area contributed by atoms with Crippen LogP contribution in [0.3, 0.4) is 0 Å². The number of rotatable bonds is 2. The van der Waals surface area contributed by atoms with Crippen LogP contribution in [0.2, 0.25) is 5.02 Å². The van der Waals surface area contributed by atoms with Crippen LogP contribution in [0.1, 0.15) is 6.42 Å². The maximum atomic E-state index is 11.8.